The maximum Gasteiger partial charge on any atom is 0.319 e. The molecule has 1 aromatic carbocycles. The Balaban J connectivity index is 2.50. The smallest absolute Gasteiger partial charge is 0.319 e. The van der Waals surface area contributed by atoms with Crippen molar-refractivity contribution in [1.29, 1.82) is 0 Å². The lowest BCUT2D eigenvalue weighted by Gasteiger charge is -2.05. The van der Waals surface area contributed by atoms with E-state index in [9.17, 15) is 4.79 Å². The Morgan fingerprint density at radius 3 is 2.60 bits per heavy atom. The van der Waals surface area contributed by atoms with Crippen molar-refractivity contribution in [2.75, 3.05) is 11.9 Å². The van der Waals surface area contributed by atoms with Crippen LogP contribution < -0.4 is 10.6 Å². The Kier molecular flexibility index (Phi) is 4.52. The summed E-state index contributed by atoms with van der Waals surface area (Å²) in [6.07, 6.45) is 5.00. The number of anilines is 1. The van der Waals surface area contributed by atoms with Crippen molar-refractivity contribution >= 4 is 23.3 Å². The monoisotopic (exact) mass is 222 g/mol. The number of terminal acetylenes is 1. The van der Waals surface area contributed by atoms with Crippen molar-refractivity contribution in [2.45, 2.75) is 5.88 Å². The van der Waals surface area contributed by atoms with E-state index in [0.29, 0.717) is 11.6 Å². The normalized spacial score (nSPS) is 9.07. The molecule has 0 spiro atoms. The van der Waals surface area contributed by atoms with Crippen LogP contribution in [0.1, 0.15) is 5.56 Å². The van der Waals surface area contributed by atoms with E-state index in [0.717, 1.165) is 5.56 Å². The first-order valence-corrected chi connectivity index (χ1v) is 4.93. The molecule has 2 N–H and O–H groups in total. The minimum atomic E-state index is -0.313. The Bertz CT molecular complexity index is 367. The van der Waals surface area contributed by atoms with Crippen LogP contribution in [0.2, 0.25) is 0 Å². The summed E-state index contributed by atoms with van der Waals surface area (Å²) in [7, 11) is 0. The summed E-state index contributed by atoms with van der Waals surface area (Å²) >= 11 is 5.63. The van der Waals surface area contributed by atoms with Crippen molar-refractivity contribution in [3.8, 4) is 12.3 Å². The van der Waals surface area contributed by atoms with Crippen LogP contribution in [-0.2, 0) is 5.88 Å². The number of carbonyl (C=O) groups is 1. The van der Waals surface area contributed by atoms with Gasteiger partial charge in [-0.1, -0.05) is 18.1 Å². The van der Waals surface area contributed by atoms with Crippen molar-refractivity contribution in [1.82, 2.24) is 5.32 Å². The topological polar surface area (TPSA) is 41.1 Å². The van der Waals surface area contributed by atoms with Gasteiger partial charge in [-0.2, -0.15) is 0 Å². The molecule has 2 amide bonds. The minimum Gasteiger partial charge on any atom is -0.327 e. The molecule has 0 fully saturated rings. The maximum absolute atomic E-state index is 11.2. The fraction of sp³-hybridized carbons (Fsp3) is 0.182. The Morgan fingerprint density at radius 1 is 1.40 bits per heavy atom. The van der Waals surface area contributed by atoms with Crippen molar-refractivity contribution in [2.24, 2.45) is 0 Å². The number of alkyl halides is 1. The molecule has 0 radical (unpaired) electrons. The van der Waals surface area contributed by atoms with Crippen molar-refractivity contribution < 1.29 is 4.79 Å². The number of benzene rings is 1. The summed E-state index contributed by atoms with van der Waals surface area (Å²) in [5, 5.41) is 5.14. The first-order chi connectivity index (χ1) is 7.26. The molecular weight excluding hydrogens is 212 g/mol. The Hall–Kier alpha value is -1.66. The number of halogens is 1. The number of carbonyl (C=O) groups excluding carboxylic acids is 1. The highest BCUT2D eigenvalue weighted by atomic mass is 35.5. The van der Waals surface area contributed by atoms with E-state index in [1.54, 1.807) is 12.1 Å². The van der Waals surface area contributed by atoms with Crippen LogP contribution in [0, 0.1) is 12.3 Å². The van der Waals surface area contributed by atoms with Gasteiger partial charge < -0.3 is 10.6 Å². The third kappa shape index (κ3) is 3.92. The lowest BCUT2D eigenvalue weighted by Crippen LogP contribution is -2.28. The van der Waals surface area contributed by atoms with Crippen LogP contribution in [-0.4, -0.2) is 12.6 Å². The van der Waals surface area contributed by atoms with Crippen LogP contribution in [0.15, 0.2) is 24.3 Å². The molecule has 0 heterocycles. The Labute approximate surface area is 93.8 Å². The van der Waals surface area contributed by atoms with E-state index in [1.165, 1.54) is 0 Å². The van der Waals surface area contributed by atoms with E-state index in [1.807, 2.05) is 12.1 Å². The maximum atomic E-state index is 11.2. The molecule has 0 aliphatic carbocycles. The zero-order chi connectivity index (χ0) is 11.1. The number of nitrogens with one attached hydrogen (secondary N) is 2. The van der Waals surface area contributed by atoms with Crippen LogP contribution in [0.3, 0.4) is 0 Å². The number of urea groups is 1. The molecule has 0 aliphatic heterocycles. The van der Waals surface area contributed by atoms with Gasteiger partial charge in [-0.05, 0) is 17.7 Å². The second-order valence-electron chi connectivity index (χ2n) is 2.84. The summed E-state index contributed by atoms with van der Waals surface area (Å²) < 4.78 is 0. The standard InChI is InChI=1S/C11H11ClN2O/c1-2-7-13-11(15)14-10-5-3-9(8-12)4-6-10/h1,3-6H,7-8H2,(H2,13,14,15). The van der Waals surface area contributed by atoms with Crippen molar-refractivity contribution in [3.05, 3.63) is 29.8 Å². The fourth-order valence-corrected chi connectivity index (χ4v) is 1.16. The van der Waals surface area contributed by atoms with Gasteiger partial charge in [0.15, 0.2) is 0 Å². The highest BCUT2D eigenvalue weighted by Gasteiger charge is 1.99. The van der Waals surface area contributed by atoms with Gasteiger partial charge in [0.05, 0.1) is 6.54 Å². The van der Waals surface area contributed by atoms with Gasteiger partial charge in [-0.15, -0.1) is 18.0 Å². The van der Waals surface area contributed by atoms with Crippen LogP contribution >= 0.6 is 11.6 Å². The van der Waals surface area contributed by atoms with E-state index in [-0.39, 0.29) is 12.6 Å². The quantitative estimate of drug-likeness (QED) is 0.597. The second-order valence-corrected chi connectivity index (χ2v) is 3.11. The zero-order valence-electron chi connectivity index (χ0n) is 8.09. The summed E-state index contributed by atoms with van der Waals surface area (Å²) in [6, 6.07) is 6.96. The summed E-state index contributed by atoms with van der Waals surface area (Å²) in [5.74, 6) is 2.78. The van der Waals surface area contributed by atoms with Gasteiger partial charge in [-0.3, -0.25) is 0 Å². The molecule has 0 saturated carbocycles. The third-order valence-electron chi connectivity index (χ3n) is 1.72. The molecule has 0 unspecified atom stereocenters. The van der Waals surface area contributed by atoms with Gasteiger partial charge in [-0.25, -0.2) is 4.79 Å². The van der Waals surface area contributed by atoms with E-state index >= 15 is 0 Å². The van der Waals surface area contributed by atoms with E-state index < -0.39 is 0 Å². The number of amides is 2. The minimum absolute atomic E-state index is 0.214. The predicted octanol–water partition coefficient (Wildman–Crippen LogP) is 2.18. The van der Waals surface area contributed by atoms with Gasteiger partial charge >= 0.3 is 6.03 Å². The SMILES string of the molecule is C#CCNC(=O)Nc1ccc(CCl)cc1. The van der Waals surface area contributed by atoms with Crippen molar-refractivity contribution in [3.63, 3.8) is 0 Å². The van der Waals surface area contributed by atoms with Gasteiger partial charge in [0.25, 0.3) is 0 Å². The molecule has 1 aromatic rings. The van der Waals surface area contributed by atoms with Crippen LogP contribution in [0.4, 0.5) is 10.5 Å². The summed E-state index contributed by atoms with van der Waals surface area (Å²) in [6.45, 7) is 0.214. The lowest BCUT2D eigenvalue weighted by molar-refractivity contribution is 0.253. The fourth-order valence-electron chi connectivity index (χ4n) is 0.984. The molecule has 0 bridgehead atoms. The average Bonchev–Trinajstić information content (AvgIpc) is 2.27. The molecule has 0 atom stereocenters. The van der Waals surface area contributed by atoms with Gasteiger partial charge in [0, 0.05) is 11.6 Å². The molecule has 0 saturated heterocycles. The average molecular weight is 223 g/mol. The first kappa shape index (κ1) is 11.4. The van der Waals surface area contributed by atoms with E-state index in [4.69, 9.17) is 18.0 Å². The molecule has 78 valence electrons. The predicted molar refractivity (Wildman–Crippen MR) is 61.9 cm³/mol. The lowest BCUT2D eigenvalue weighted by atomic mass is 10.2. The number of rotatable bonds is 3. The molecule has 0 aliphatic rings. The highest BCUT2D eigenvalue weighted by molar-refractivity contribution is 6.17. The second kappa shape index (κ2) is 5.94. The number of hydrogen-bond acceptors (Lipinski definition) is 1. The van der Waals surface area contributed by atoms with Gasteiger partial charge in [0.2, 0.25) is 0 Å². The summed E-state index contributed by atoms with van der Waals surface area (Å²) in [4.78, 5) is 11.2. The largest absolute Gasteiger partial charge is 0.327 e. The molecule has 15 heavy (non-hydrogen) atoms. The van der Waals surface area contributed by atoms with E-state index in [2.05, 4.69) is 16.6 Å². The van der Waals surface area contributed by atoms with Crippen LogP contribution in [0.25, 0.3) is 0 Å². The molecule has 3 nitrogen and oxygen atoms in total. The van der Waals surface area contributed by atoms with Crippen LogP contribution in [0.5, 0.6) is 0 Å². The molecule has 0 aromatic heterocycles. The molecule has 4 heteroatoms. The Morgan fingerprint density at radius 2 is 2.07 bits per heavy atom. The highest BCUT2D eigenvalue weighted by Crippen LogP contribution is 2.10. The molecule has 1 rings (SSSR count). The number of hydrogen-bond donors (Lipinski definition) is 2. The first-order valence-electron chi connectivity index (χ1n) is 4.39. The van der Waals surface area contributed by atoms with Gasteiger partial charge in [0.1, 0.15) is 0 Å². The molecular formula is C11H11ClN2O. The summed E-state index contributed by atoms with van der Waals surface area (Å²) in [5.41, 5.74) is 1.71. The third-order valence-corrected chi connectivity index (χ3v) is 2.03. The zero-order valence-corrected chi connectivity index (χ0v) is 8.84.